The van der Waals surface area contributed by atoms with E-state index in [0.29, 0.717) is 53.4 Å². The van der Waals surface area contributed by atoms with Crippen molar-refractivity contribution in [2.24, 2.45) is 0 Å². The molecule has 0 bridgehead atoms. The summed E-state index contributed by atoms with van der Waals surface area (Å²) in [6.07, 6.45) is 1.11. The lowest BCUT2D eigenvalue weighted by Gasteiger charge is -2.30. The maximum Gasteiger partial charge on any atom is 0.203 e. The molecule has 0 radical (unpaired) electrons. The lowest BCUT2D eigenvalue weighted by atomic mass is 10.1. The van der Waals surface area contributed by atoms with Gasteiger partial charge in [-0.1, -0.05) is 17.7 Å². The number of nitrogens with zero attached hydrogens (tertiary/aromatic N) is 1. The Hall–Kier alpha value is -1.52. The number of benzene rings is 1. The fourth-order valence-electron chi connectivity index (χ4n) is 2.63. The van der Waals surface area contributed by atoms with Gasteiger partial charge >= 0.3 is 0 Å². The molecule has 1 aromatic heterocycles. The Labute approximate surface area is 121 Å². The Kier molecular flexibility index (Phi) is 3.44. The molecule has 1 N–H and O–H groups in total. The number of hydrogen-bond acceptors (Lipinski definition) is 4. The van der Waals surface area contributed by atoms with E-state index >= 15 is 0 Å². The Balaban J connectivity index is 2.14. The minimum absolute atomic E-state index is 0.0464. The van der Waals surface area contributed by atoms with Gasteiger partial charge in [-0.25, -0.2) is 0 Å². The molecule has 5 heteroatoms. The van der Waals surface area contributed by atoms with Crippen molar-refractivity contribution in [2.75, 3.05) is 18.0 Å². The number of para-hydroxylation sites is 1. The van der Waals surface area contributed by atoms with Gasteiger partial charge in [-0.3, -0.25) is 4.79 Å². The summed E-state index contributed by atoms with van der Waals surface area (Å²) in [5.74, 6) is 0.572. The summed E-state index contributed by atoms with van der Waals surface area (Å²) in [6, 6.07) is 5.19. The molecular weight excluding hydrogens is 278 g/mol. The topological polar surface area (TPSA) is 53.7 Å². The zero-order valence-corrected chi connectivity index (χ0v) is 12.0. The van der Waals surface area contributed by atoms with Crippen molar-refractivity contribution in [3.05, 3.63) is 39.0 Å². The molecule has 1 aromatic carbocycles. The first-order valence-corrected chi connectivity index (χ1v) is 7.10. The summed E-state index contributed by atoms with van der Waals surface area (Å²) in [6.45, 7) is 3.13. The number of anilines is 1. The first-order chi connectivity index (χ1) is 9.58. The van der Waals surface area contributed by atoms with E-state index in [2.05, 4.69) is 0 Å². The van der Waals surface area contributed by atoms with Crippen LogP contribution < -0.4 is 10.3 Å². The third kappa shape index (κ3) is 2.19. The fraction of sp³-hybridized carbons (Fsp3) is 0.400. The highest BCUT2D eigenvalue weighted by Gasteiger charge is 2.22. The van der Waals surface area contributed by atoms with E-state index in [1.54, 1.807) is 25.1 Å². The number of rotatable bonds is 1. The van der Waals surface area contributed by atoms with E-state index in [9.17, 15) is 9.90 Å². The molecule has 0 amide bonds. The zero-order valence-electron chi connectivity index (χ0n) is 11.2. The van der Waals surface area contributed by atoms with Gasteiger partial charge in [0.05, 0.1) is 22.1 Å². The lowest BCUT2D eigenvalue weighted by Crippen LogP contribution is -2.36. The molecule has 20 heavy (non-hydrogen) atoms. The van der Waals surface area contributed by atoms with E-state index in [0.717, 1.165) is 0 Å². The van der Waals surface area contributed by atoms with Crippen LogP contribution in [0, 0.1) is 6.92 Å². The molecule has 0 spiro atoms. The second-order valence-electron chi connectivity index (χ2n) is 5.20. The molecule has 0 atom stereocenters. The molecule has 1 aliphatic rings. The Morgan fingerprint density at radius 3 is 2.75 bits per heavy atom. The van der Waals surface area contributed by atoms with Crippen LogP contribution in [-0.2, 0) is 0 Å². The molecule has 2 aromatic rings. The van der Waals surface area contributed by atoms with E-state index < -0.39 is 0 Å². The van der Waals surface area contributed by atoms with Crippen molar-refractivity contribution in [1.29, 1.82) is 0 Å². The Morgan fingerprint density at radius 1 is 1.35 bits per heavy atom. The van der Waals surface area contributed by atoms with Crippen LogP contribution in [-0.4, -0.2) is 24.3 Å². The van der Waals surface area contributed by atoms with Crippen molar-refractivity contribution in [3.63, 3.8) is 0 Å². The molecule has 1 fully saturated rings. The van der Waals surface area contributed by atoms with Crippen LogP contribution in [0.4, 0.5) is 5.88 Å². The number of fused-ring (bicyclic) bond motifs is 1. The Bertz CT molecular complexity index is 702. The summed E-state index contributed by atoms with van der Waals surface area (Å²) in [5.41, 5.74) is 0.983. The number of hydrogen-bond donors (Lipinski definition) is 1. The Morgan fingerprint density at radius 2 is 2.05 bits per heavy atom. The molecule has 1 saturated heterocycles. The molecular formula is C15H16ClNO3. The molecule has 4 nitrogen and oxygen atoms in total. The second kappa shape index (κ2) is 5.11. The number of halogens is 1. The molecule has 2 heterocycles. The van der Waals surface area contributed by atoms with Crippen molar-refractivity contribution in [1.82, 2.24) is 0 Å². The average Bonchev–Trinajstić information content (AvgIpc) is 2.45. The van der Waals surface area contributed by atoms with E-state index in [4.69, 9.17) is 16.0 Å². The van der Waals surface area contributed by atoms with Crippen molar-refractivity contribution >= 4 is 28.5 Å². The number of piperidine rings is 1. The van der Waals surface area contributed by atoms with E-state index in [-0.39, 0.29) is 11.5 Å². The minimum atomic E-state index is -0.262. The SMILES string of the molecule is Cc1c(N2CCC(O)CC2)oc2c(Cl)cccc2c1=O. The maximum atomic E-state index is 12.4. The monoisotopic (exact) mass is 293 g/mol. The third-order valence-corrected chi connectivity index (χ3v) is 4.12. The van der Waals surface area contributed by atoms with Crippen LogP contribution in [0.2, 0.25) is 5.02 Å². The van der Waals surface area contributed by atoms with Gasteiger partial charge in [0.1, 0.15) is 0 Å². The van der Waals surface area contributed by atoms with Crippen LogP contribution in [0.3, 0.4) is 0 Å². The first kappa shape index (κ1) is 13.5. The second-order valence-corrected chi connectivity index (χ2v) is 5.60. The normalized spacial score (nSPS) is 16.9. The molecule has 0 unspecified atom stereocenters. The zero-order chi connectivity index (χ0) is 14.3. The van der Waals surface area contributed by atoms with Crippen LogP contribution >= 0.6 is 11.6 Å². The van der Waals surface area contributed by atoms with Crippen molar-refractivity contribution < 1.29 is 9.52 Å². The predicted octanol–water partition coefficient (Wildman–Crippen LogP) is 2.72. The predicted molar refractivity (Wildman–Crippen MR) is 79.7 cm³/mol. The largest absolute Gasteiger partial charge is 0.438 e. The van der Waals surface area contributed by atoms with Crippen LogP contribution in [0.25, 0.3) is 11.0 Å². The van der Waals surface area contributed by atoms with Crippen LogP contribution in [0.5, 0.6) is 0 Å². The van der Waals surface area contributed by atoms with Gasteiger partial charge in [-0.05, 0) is 31.9 Å². The summed E-state index contributed by atoms with van der Waals surface area (Å²) in [7, 11) is 0. The van der Waals surface area contributed by atoms with Gasteiger partial charge in [-0.2, -0.15) is 0 Å². The summed E-state index contributed by atoms with van der Waals surface area (Å²) in [5, 5.41) is 10.5. The standard InChI is InChI=1S/C15H16ClNO3/c1-9-13(19)11-3-2-4-12(16)14(11)20-15(9)17-7-5-10(18)6-8-17/h2-4,10,18H,5-8H2,1H3. The lowest BCUT2D eigenvalue weighted by molar-refractivity contribution is 0.144. The minimum Gasteiger partial charge on any atom is -0.438 e. The van der Waals surface area contributed by atoms with Gasteiger partial charge in [-0.15, -0.1) is 0 Å². The average molecular weight is 294 g/mol. The smallest absolute Gasteiger partial charge is 0.203 e. The van der Waals surface area contributed by atoms with Gasteiger partial charge in [0.2, 0.25) is 5.88 Å². The van der Waals surface area contributed by atoms with Crippen molar-refractivity contribution in [3.8, 4) is 0 Å². The molecule has 0 aliphatic carbocycles. The maximum absolute atomic E-state index is 12.4. The van der Waals surface area contributed by atoms with Crippen molar-refractivity contribution in [2.45, 2.75) is 25.9 Å². The molecule has 3 rings (SSSR count). The van der Waals surface area contributed by atoms with Gasteiger partial charge < -0.3 is 14.4 Å². The van der Waals surface area contributed by atoms with Gasteiger partial charge in [0.25, 0.3) is 0 Å². The summed E-state index contributed by atoms with van der Waals surface area (Å²) >= 11 is 6.12. The quantitative estimate of drug-likeness (QED) is 0.878. The molecule has 106 valence electrons. The number of aliphatic hydroxyl groups excluding tert-OH is 1. The van der Waals surface area contributed by atoms with Gasteiger partial charge in [0, 0.05) is 13.1 Å². The van der Waals surface area contributed by atoms with E-state index in [1.807, 2.05) is 4.90 Å². The van der Waals surface area contributed by atoms with E-state index in [1.165, 1.54) is 0 Å². The fourth-order valence-corrected chi connectivity index (χ4v) is 2.85. The third-order valence-electron chi connectivity index (χ3n) is 3.82. The number of aliphatic hydroxyl groups is 1. The highest BCUT2D eigenvalue weighted by Crippen LogP contribution is 2.29. The van der Waals surface area contributed by atoms with Gasteiger partial charge in [0.15, 0.2) is 11.0 Å². The van der Waals surface area contributed by atoms with Crippen LogP contribution in [0.15, 0.2) is 27.4 Å². The highest BCUT2D eigenvalue weighted by atomic mass is 35.5. The first-order valence-electron chi connectivity index (χ1n) is 6.73. The molecule has 0 saturated carbocycles. The summed E-state index contributed by atoms with van der Waals surface area (Å²) in [4.78, 5) is 14.4. The summed E-state index contributed by atoms with van der Waals surface area (Å²) < 4.78 is 5.89. The molecule has 1 aliphatic heterocycles. The highest BCUT2D eigenvalue weighted by molar-refractivity contribution is 6.34. The van der Waals surface area contributed by atoms with Crippen LogP contribution in [0.1, 0.15) is 18.4 Å².